The van der Waals surface area contributed by atoms with Gasteiger partial charge in [-0.15, -0.1) is 0 Å². The van der Waals surface area contributed by atoms with Crippen LogP contribution in [0.1, 0.15) is 41.5 Å². The van der Waals surface area contributed by atoms with Crippen molar-refractivity contribution in [1.82, 2.24) is 4.90 Å². The van der Waals surface area contributed by atoms with Gasteiger partial charge in [0.1, 0.15) is 18.4 Å². The minimum Gasteiger partial charge on any atom is -0.497 e. The minimum absolute atomic E-state index is 0.0772. The van der Waals surface area contributed by atoms with Crippen LogP contribution in [0.2, 0.25) is 0 Å². The Morgan fingerprint density at radius 1 is 0.909 bits per heavy atom. The Morgan fingerprint density at radius 3 is 2.09 bits per heavy atom. The molecule has 0 spiro atoms. The van der Waals surface area contributed by atoms with Crippen molar-refractivity contribution in [2.75, 3.05) is 13.7 Å². The van der Waals surface area contributed by atoms with E-state index in [0.29, 0.717) is 18.6 Å². The van der Waals surface area contributed by atoms with Gasteiger partial charge in [0, 0.05) is 5.92 Å². The third-order valence-corrected chi connectivity index (χ3v) is 6.72. The lowest BCUT2D eigenvalue weighted by Gasteiger charge is -2.28. The summed E-state index contributed by atoms with van der Waals surface area (Å²) in [5.74, 6) is -0.384. The van der Waals surface area contributed by atoms with E-state index in [2.05, 4.69) is 24.3 Å². The number of methoxy groups -OCH3 is 1. The first-order valence-corrected chi connectivity index (χ1v) is 11.1. The second-order valence-electron chi connectivity index (χ2n) is 8.43. The van der Waals surface area contributed by atoms with Crippen LogP contribution in [0.15, 0.2) is 72.8 Å². The Kier molecular flexibility index (Phi) is 5.50. The monoisotopic (exact) mass is 443 g/mol. The molecule has 0 aromatic heterocycles. The molecule has 1 saturated heterocycles. The zero-order chi connectivity index (χ0) is 22.9. The fourth-order valence-corrected chi connectivity index (χ4v) is 5.13. The van der Waals surface area contributed by atoms with Gasteiger partial charge in [0.25, 0.3) is 0 Å². The van der Waals surface area contributed by atoms with Crippen LogP contribution in [0.25, 0.3) is 11.1 Å². The standard InChI is InChI=1S/C27H25NO5/c1-32-18-12-10-17(11-13-18)24-14-15-25(26(29)30)28(24)27(31)33-16-23-21-8-4-2-6-19(21)20-7-3-5-9-22(20)23/h2-13,23-25H,14-16H2,1H3,(H,29,30)/t24-,25-/m0/s1. The Bertz CT molecular complexity index is 1140. The van der Waals surface area contributed by atoms with Gasteiger partial charge in [0.15, 0.2) is 0 Å². The third kappa shape index (κ3) is 3.71. The minimum atomic E-state index is -1.01. The molecule has 0 bridgehead atoms. The third-order valence-electron chi connectivity index (χ3n) is 6.72. The first kappa shape index (κ1) is 21.1. The molecule has 1 aliphatic carbocycles. The van der Waals surface area contributed by atoms with Crippen LogP contribution in [-0.2, 0) is 9.53 Å². The highest BCUT2D eigenvalue weighted by Crippen LogP contribution is 2.45. The molecule has 1 fully saturated rings. The van der Waals surface area contributed by atoms with Gasteiger partial charge >= 0.3 is 12.1 Å². The van der Waals surface area contributed by atoms with Crippen molar-refractivity contribution in [3.8, 4) is 16.9 Å². The van der Waals surface area contributed by atoms with Crippen molar-refractivity contribution in [2.45, 2.75) is 30.8 Å². The first-order chi connectivity index (χ1) is 16.1. The quantitative estimate of drug-likeness (QED) is 0.584. The fraction of sp³-hybridized carbons (Fsp3) is 0.259. The summed E-state index contributed by atoms with van der Waals surface area (Å²) in [6.45, 7) is 0.158. The van der Waals surface area contributed by atoms with Gasteiger partial charge in [-0.3, -0.25) is 4.90 Å². The number of aliphatic carboxylic acids is 1. The average Bonchev–Trinajstić information content (AvgIpc) is 3.43. The van der Waals surface area contributed by atoms with Gasteiger partial charge in [-0.05, 0) is 52.8 Å². The normalized spacial score (nSPS) is 19.1. The van der Waals surface area contributed by atoms with E-state index < -0.39 is 18.1 Å². The van der Waals surface area contributed by atoms with Crippen LogP contribution < -0.4 is 4.74 Å². The molecular weight excluding hydrogens is 418 g/mol. The number of likely N-dealkylation sites (tertiary alicyclic amines) is 1. The van der Waals surface area contributed by atoms with Crippen molar-refractivity contribution in [3.05, 3.63) is 89.5 Å². The second-order valence-corrected chi connectivity index (χ2v) is 8.43. The van der Waals surface area contributed by atoms with Crippen LogP contribution in [0.3, 0.4) is 0 Å². The Labute approximate surface area is 192 Å². The van der Waals surface area contributed by atoms with Crippen LogP contribution in [-0.4, -0.2) is 41.8 Å². The molecule has 1 N–H and O–H groups in total. The Hall–Kier alpha value is -3.80. The van der Waals surface area contributed by atoms with E-state index in [9.17, 15) is 14.7 Å². The zero-order valence-electron chi connectivity index (χ0n) is 18.3. The molecule has 5 rings (SSSR count). The van der Waals surface area contributed by atoms with Crippen molar-refractivity contribution >= 4 is 12.1 Å². The molecule has 0 unspecified atom stereocenters. The van der Waals surface area contributed by atoms with Crippen molar-refractivity contribution in [1.29, 1.82) is 0 Å². The number of carboxylic acid groups (broad SMARTS) is 1. The molecule has 1 heterocycles. The van der Waals surface area contributed by atoms with Crippen LogP contribution >= 0.6 is 0 Å². The highest BCUT2D eigenvalue weighted by Gasteiger charge is 2.43. The molecule has 1 aliphatic heterocycles. The molecule has 168 valence electrons. The summed E-state index contributed by atoms with van der Waals surface area (Å²) in [7, 11) is 1.59. The largest absolute Gasteiger partial charge is 0.497 e. The topological polar surface area (TPSA) is 76.1 Å². The molecule has 0 saturated carbocycles. The lowest BCUT2D eigenvalue weighted by molar-refractivity contribution is -0.142. The number of carboxylic acids is 1. The molecule has 6 heteroatoms. The molecule has 0 radical (unpaired) electrons. The second kappa shape index (κ2) is 8.62. The Morgan fingerprint density at radius 2 is 1.52 bits per heavy atom. The summed E-state index contributed by atoms with van der Waals surface area (Å²) in [6.07, 6.45) is 0.353. The molecule has 3 aromatic carbocycles. The number of fused-ring (bicyclic) bond motifs is 3. The maximum atomic E-state index is 13.3. The Balaban J connectivity index is 1.39. The molecule has 2 atom stereocenters. The molecular formula is C27H25NO5. The van der Waals surface area contributed by atoms with E-state index in [-0.39, 0.29) is 18.6 Å². The number of carbonyl (C=O) groups excluding carboxylic acids is 1. The highest BCUT2D eigenvalue weighted by molar-refractivity contribution is 5.82. The van der Waals surface area contributed by atoms with E-state index in [1.807, 2.05) is 48.5 Å². The first-order valence-electron chi connectivity index (χ1n) is 11.1. The fourth-order valence-electron chi connectivity index (χ4n) is 5.13. The average molecular weight is 443 g/mol. The summed E-state index contributed by atoms with van der Waals surface area (Å²) >= 11 is 0. The van der Waals surface area contributed by atoms with Gasteiger partial charge in [-0.1, -0.05) is 60.7 Å². The summed E-state index contributed by atoms with van der Waals surface area (Å²) < 4.78 is 11.0. The lowest BCUT2D eigenvalue weighted by Crippen LogP contribution is -2.42. The summed E-state index contributed by atoms with van der Waals surface area (Å²) in [6, 6.07) is 22.4. The number of rotatable bonds is 5. The maximum absolute atomic E-state index is 13.3. The SMILES string of the molecule is COc1ccc([C@@H]2CC[C@@H](C(=O)O)N2C(=O)OCC2c3ccccc3-c3ccccc32)cc1. The van der Waals surface area contributed by atoms with Crippen molar-refractivity contribution < 1.29 is 24.2 Å². The highest BCUT2D eigenvalue weighted by atomic mass is 16.6. The van der Waals surface area contributed by atoms with E-state index in [4.69, 9.17) is 9.47 Å². The zero-order valence-corrected chi connectivity index (χ0v) is 18.3. The molecule has 2 aliphatic rings. The van der Waals surface area contributed by atoms with Gasteiger partial charge < -0.3 is 14.6 Å². The van der Waals surface area contributed by atoms with Crippen molar-refractivity contribution in [2.24, 2.45) is 0 Å². The number of benzene rings is 3. The molecule has 6 nitrogen and oxygen atoms in total. The van der Waals surface area contributed by atoms with E-state index >= 15 is 0 Å². The van der Waals surface area contributed by atoms with E-state index in [0.717, 1.165) is 27.8 Å². The van der Waals surface area contributed by atoms with E-state index in [1.165, 1.54) is 4.90 Å². The van der Waals surface area contributed by atoms with Crippen LogP contribution in [0, 0.1) is 0 Å². The van der Waals surface area contributed by atoms with Gasteiger partial charge in [-0.2, -0.15) is 0 Å². The van der Waals surface area contributed by atoms with Crippen LogP contribution in [0.4, 0.5) is 4.79 Å². The predicted octanol–water partition coefficient (Wildman–Crippen LogP) is 5.23. The number of nitrogens with zero attached hydrogens (tertiary/aromatic N) is 1. The van der Waals surface area contributed by atoms with Gasteiger partial charge in [-0.25, -0.2) is 9.59 Å². The number of hydrogen-bond donors (Lipinski definition) is 1. The molecule has 1 amide bonds. The number of amides is 1. The maximum Gasteiger partial charge on any atom is 0.411 e. The number of carbonyl (C=O) groups is 2. The lowest BCUT2D eigenvalue weighted by atomic mass is 9.98. The molecule has 3 aromatic rings. The predicted molar refractivity (Wildman–Crippen MR) is 123 cm³/mol. The smallest absolute Gasteiger partial charge is 0.411 e. The summed E-state index contributed by atoms with van der Waals surface area (Å²) in [5.41, 5.74) is 5.40. The number of ether oxygens (including phenoxy) is 2. The van der Waals surface area contributed by atoms with Crippen LogP contribution in [0.5, 0.6) is 5.75 Å². The van der Waals surface area contributed by atoms with E-state index in [1.54, 1.807) is 7.11 Å². The number of hydrogen-bond acceptors (Lipinski definition) is 4. The van der Waals surface area contributed by atoms with Gasteiger partial charge in [0.05, 0.1) is 13.2 Å². The van der Waals surface area contributed by atoms with Gasteiger partial charge in [0.2, 0.25) is 0 Å². The van der Waals surface area contributed by atoms with Crippen molar-refractivity contribution in [3.63, 3.8) is 0 Å². The summed E-state index contributed by atoms with van der Waals surface area (Å²) in [4.78, 5) is 26.6. The molecule has 33 heavy (non-hydrogen) atoms. The summed E-state index contributed by atoms with van der Waals surface area (Å²) in [5, 5.41) is 9.75.